The van der Waals surface area contributed by atoms with Crippen molar-refractivity contribution >= 4 is 33.2 Å². The molecule has 0 aliphatic carbocycles. The van der Waals surface area contributed by atoms with E-state index in [0.29, 0.717) is 22.2 Å². The van der Waals surface area contributed by atoms with Crippen LogP contribution in [0.1, 0.15) is 0 Å². The molecule has 7 nitrogen and oxygen atoms in total. The molecule has 0 radical (unpaired) electrons. The first-order valence-electron chi connectivity index (χ1n) is 7.51. The zero-order valence-corrected chi connectivity index (χ0v) is 16.1. The second-order valence-corrected chi connectivity index (χ2v) is 7.81. The zero-order chi connectivity index (χ0) is 19.3. The fraction of sp³-hybridized carbons (Fsp3) is 0.235. The van der Waals surface area contributed by atoms with Gasteiger partial charge in [-0.1, -0.05) is 11.6 Å². The third-order valence-electron chi connectivity index (χ3n) is 3.57. The van der Waals surface area contributed by atoms with Gasteiger partial charge in [-0.25, -0.2) is 8.42 Å². The van der Waals surface area contributed by atoms with E-state index in [2.05, 4.69) is 5.32 Å². The Morgan fingerprint density at radius 3 is 2.35 bits per heavy atom. The molecule has 0 aliphatic heterocycles. The molecule has 0 fully saturated rings. The summed E-state index contributed by atoms with van der Waals surface area (Å²) >= 11 is 5.92. The Morgan fingerprint density at radius 1 is 1.12 bits per heavy atom. The Bertz CT molecular complexity index is 885. The highest BCUT2D eigenvalue weighted by atomic mass is 35.5. The number of hydrogen-bond acceptors (Lipinski definition) is 5. The number of rotatable bonds is 7. The summed E-state index contributed by atoms with van der Waals surface area (Å²) in [7, 11) is 0.460. The van der Waals surface area contributed by atoms with E-state index in [1.165, 1.54) is 51.6 Å². The summed E-state index contributed by atoms with van der Waals surface area (Å²) in [4.78, 5) is 12.3. The van der Waals surface area contributed by atoms with E-state index in [1.807, 2.05) is 0 Å². The Hall–Kier alpha value is -2.29. The molecule has 0 saturated carbocycles. The summed E-state index contributed by atoms with van der Waals surface area (Å²) in [5.41, 5.74) is 0.361. The van der Waals surface area contributed by atoms with Gasteiger partial charge in [0.05, 0.1) is 31.3 Å². The highest BCUT2D eigenvalue weighted by Crippen LogP contribution is 2.27. The molecule has 1 N–H and O–H groups in total. The number of nitrogens with one attached hydrogen (secondary N) is 1. The van der Waals surface area contributed by atoms with Gasteiger partial charge in [-0.3, -0.25) is 4.79 Å². The molecule has 2 rings (SSSR count). The number of carbonyl (C=O) groups is 1. The van der Waals surface area contributed by atoms with Crippen LogP contribution < -0.4 is 14.8 Å². The predicted molar refractivity (Wildman–Crippen MR) is 99.4 cm³/mol. The summed E-state index contributed by atoms with van der Waals surface area (Å²) in [5, 5.41) is 3.02. The van der Waals surface area contributed by atoms with Gasteiger partial charge in [0.1, 0.15) is 11.5 Å². The summed E-state index contributed by atoms with van der Waals surface area (Å²) in [6, 6.07) is 10.7. The molecule has 2 aromatic carbocycles. The van der Waals surface area contributed by atoms with Crippen LogP contribution in [0.3, 0.4) is 0 Å². The van der Waals surface area contributed by atoms with Crippen molar-refractivity contribution in [3.8, 4) is 11.5 Å². The average molecular weight is 399 g/mol. The van der Waals surface area contributed by atoms with Crippen molar-refractivity contribution in [1.29, 1.82) is 0 Å². The predicted octanol–water partition coefficient (Wildman–Crippen LogP) is 2.62. The number of carbonyl (C=O) groups excluding carboxylic acids is 1. The summed E-state index contributed by atoms with van der Waals surface area (Å²) in [6.07, 6.45) is 0. The number of sulfonamides is 1. The Balaban J connectivity index is 2.11. The van der Waals surface area contributed by atoms with Crippen LogP contribution in [0, 0.1) is 0 Å². The first kappa shape index (κ1) is 20.0. The molecule has 140 valence electrons. The van der Waals surface area contributed by atoms with E-state index in [4.69, 9.17) is 21.1 Å². The van der Waals surface area contributed by atoms with Crippen LogP contribution in [0.25, 0.3) is 0 Å². The number of methoxy groups -OCH3 is 2. The standard InChI is InChI=1S/C17H19ClN2O5S/c1-20(26(22,23)14-7-5-13(24-2)6-8-14)11-17(21)19-15-10-12(18)4-9-16(15)25-3/h4-10H,11H2,1-3H3,(H,19,21). The van der Waals surface area contributed by atoms with Crippen molar-refractivity contribution in [2.75, 3.05) is 33.1 Å². The Kier molecular flexibility index (Phi) is 6.47. The second kappa shape index (κ2) is 8.39. The summed E-state index contributed by atoms with van der Waals surface area (Å²) in [5.74, 6) is 0.436. The second-order valence-electron chi connectivity index (χ2n) is 5.33. The molecule has 0 atom stereocenters. The third-order valence-corrected chi connectivity index (χ3v) is 5.62. The van der Waals surface area contributed by atoms with E-state index in [-0.39, 0.29) is 11.4 Å². The largest absolute Gasteiger partial charge is 0.497 e. The van der Waals surface area contributed by atoms with Crippen LogP contribution in [-0.4, -0.2) is 46.4 Å². The smallest absolute Gasteiger partial charge is 0.243 e. The maximum atomic E-state index is 12.6. The van der Waals surface area contributed by atoms with Gasteiger partial charge in [0, 0.05) is 12.1 Å². The Morgan fingerprint density at radius 2 is 1.77 bits per heavy atom. The lowest BCUT2D eigenvalue weighted by atomic mass is 10.3. The van der Waals surface area contributed by atoms with Gasteiger partial charge in [0.25, 0.3) is 0 Å². The van der Waals surface area contributed by atoms with Crippen molar-refractivity contribution in [2.45, 2.75) is 4.90 Å². The first-order valence-corrected chi connectivity index (χ1v) is 9.33. The monoisotopic (exact) mass is 398 g/mol. The van der Waals surface area contributed by atoms with Crippen molar-refractivity contribution in [2.24, 2.45) is 0 Å². The van der Waals surface area contributed by atoms with Crippen molar-refractivity contribution in [3.63, 3.8) is 0 Å². The van der Waals surface area contributed by atoms with Gasteiger partial charge in [-0.15, -0.1) is 0 Å². The lowest BCUT2D eigenvalue weighted by Gasteiger charge is -2.18. The topological polar surface area (TPSA) is 84.9 Å². The minimum absolute atomic E-state index is 0.0638. The third kappa shape index (κ3) is 4.66. The molecule has 0 aromatic heterocycles. The van der Waals surface area contributed by atoms with Gasteiger partial charge >= 0.3 is 0 Å². The highest BCUT2D eigenvalue weighted by Gasteiger charge is 2.23. The number of ether oxygens (including phenoxy) is 2. The summed E-state index contributed by atoms with van der Waals surface area (Å²) in [6.45, 7) is -0.371. The van der Waals surface area contributed by atoms with Gasteiger partial charge in [0.2, 0.25) is 15.9 Å². The normalized spacial score (nSPS) is 11.3. The number of anilines is 1. The molecule has 0 aliphatic rings. The number of halogens is 1. The van der Waals surface area contributed by atoms with E-state index < -0.39 is 15.9 Å². The molecule has 0 spiro atoms. The molecule has 2 aromatic rings. The van der Waals surface area contributed by atoms with E-state index in [0.717, 1.165) is 4.31 Å². The van der Waals surface area contributed by atoms with Gasteiger partial charge in [0.15, 0.2) is 0 Å². The van der Waals surface area contributed by atoms with Crippen LogP contribution >= 0.6 is 11.6 Å². The lowest BCUT2D eigenvalue weighted by Crippen LogP contribution is -2.35. The minimum Gasteiger partial charge on any atom is -0.497 e. The molecule has 1 amide bonds. The van der Waals surface area contributed by atoms with Gasteiger partial charge in [-0.2, -0.15) is 4.31 Å². The first-order chi connectivity index (χ1) is 12.3. The summed E-state index contributed by atoms with van der Waals surface area (Å²) < 4.78 is 36.2. The SMILES string of the molecule is COc1ccc(S(=O)(=O)N(C)CC(=O)Nc2cc(Cl)ccc2OC)cc1. The number of hydrogen-bond donors (Lipinski definition) is 1. The minimum atomic E-state index is -3.82. The molecule has 0 saturated heterocycles. The molecule has 0 unspecified atom stereocenters. The molecule has 9 heteroatoms. The number of amides is 1. The van der Waals surface area contributed by atoms with Crippen molar-refractivity contribution in [3.05, 3.63) is 47.5 Å². The van der Waals surface area contributed by atoms with Crippen LogP contribution in [0.15, 0.2) is 47.4 Å². The van der Waals surface area contributed by atoms with E-state index in [1.54, 1.807) is 12.1 Å². The molecular weight excluding hydrogens is 380 g/mol. The number of likely N-dealkylation sites (N-methyl/N-ethyl adjacent to an activating group) is 1. The van der Waals surface area contributed by atoms with E-state index >= 15 is 0 Å². The van der Waals surface area contributed by atoms with E-state index in [9.17, 15) is 13.2 Å². The van der Waals surface area contributed by atoms with Gasteiger partial charge in [-0.05, 0) is 42.5 Å². The van der Waals surface area contributed by atoms with Crippen LogP contribution in [0.5, 0.6) is 11.5 Å². The number of benzene rings is 2. The molecule has 0 bridgehead atoms. The number of nitrogens with zero attached hydrogens (tertiary/aromatic N) is 1. The van der Waals surface area contributed by atoms with Crippen molar-refractivity contribution in [1.82, 2.24) is 4.31 Å². The lowest BCUT2D eigenvalue weighted by molar-refractivity contribution is -0.116. The maximum Gasteiger partial charge on any atom is 0.243 e. The average Bonchev–Trinajstić information content (AvgIpc) is 2.61. The zero-order valence-electron chi connectivity index (χ0n) is 14.5. The van der Waals surface area contributed by atoms with Crippen LogP contribution in [-0.2, 0) is 14.8 Å². The van der Waals surface area contributed by atoms with Crippen LogP contribution in [0.2, 0.25) is 5.02 Å². The Labute approximate surface area is 157 Å². The fourth-order valence-electron chi connectivity index (χ4n) is 2.18. The quantitative estimate of drug-likeness (QED) is 0.774. The van der Waals surface area contributed by atoms with Gasteiger partial charge < -0.3 is 14.8 Å². The van der Waals surface area contributed by atoms with Crippen molar-refractivity contribution < 1.29 is 22.7 Å². The molecule has 26 heavy (non-hydrogen) atoms. The maximum absolute atomic E-state index is 12.6. The van der Waals surface area contributed by atoms with Crippen LogP contribution in [0.4, 0.5) is 5.69 Å². The molecule has 0 heterocycles. The molecular formula is C17H19ClN2O5S. The highest BCUT2D eigenvalue weighted by molar-refractivity contribution is 7.89. The fourth-order valence-corrected chi connectivity index (χ4v) is 3.48.